The highest BCUT2D eigenvalue weighted by molar-refractivity contribution is 5.90. The minimum atomic E-state index is -0.634. The summed E-state index contributed by atoms with van der Waals surface area (Å²) in [5, 5.41) is 2.63. The van der Waals surface area contributed by atoms with E-state index in [9.17, 15) is 18.8 Å². The molecule has 1 heterocycles. The van der Waals surface area contributed by atoms with Crippen molar-refractivity contribution in [3.05, 3.63) is 99.1 Å². The molecule has 6 nitrogen and oxygen atoms in total. The number of carbonyl (C=O) groups is 1. The summed E-state index contributed by atoms with van der Waals surface area (Å²) in [4.78, 5) is 36.6. The molecule has 1 amide bonds. The number of nitrogens with one attached hydrogen (secondary N) is 1. The molecule has 7 heteroatoms. The first-order chi connectivity index (χ1) is 12.5. The molecule has 0 bridgehead atoms. The van der Waals surface area contributed by atoms with Crippen LogP contribution in [0.15, 0.2) is 76.4 Å². The highest BCUT2D eigenvalue weighted by atomic mass is 19.1. The first-order valence-electron chi connectivity index (χ1n) is 7.92. The van der Waals surface area contributed by atoms with Gasteiger partial charge in [0.1, 0.15) is 12.4 Å². The Morgan fingerprint density at radius 1 is 1.00 bits per heavy atom. The lowest BCUT2D eigenvalue weighted by Gasteiger charge is -2.10. The minimum Gasteiger partial charge on any atom is -0.325 e. The van der Waals surface area contributed by atoms with Gasteiger partial charge in [-0.15, -0.1) is 0 Å². The van der Waals surface area contributed by atoms with Crippen LogP contribution in [0.1, 0.15) is 5.56 Å². The summed E-state index contributed by atoms with van der Waals surface area (Å²) < 4.78 is 15.4. The maximum atomic E-state index is 13.3. The van der Waals surface area contributed by atoms with Crippen LogP contribution in [0.4, 0.5) is 10.1 Å². The van der Waals surface area contributed by atoms with Gasteiger partial charge >= 0.3 is 5.69 Å². The molecule has 3 aromatic rings. The molecule has 0 aliphatic heterocycles. The molecule has 0 saturated carbocycles. The number of hydrogen-bond acceptors (Lipinski definition) is 3. The second-order valence-electron chi connectivity index (χ2n) is 5.69. The fourth-order valence-electron chi connectivity index (χ4n) is 2.52. The Morgan fingerprint density at radius 2 is 1.77 bits per heavy atom. The van der Waals surface area contributed by atoms with Gasteiger partial charge in [0, 0.05) is 18.0 Å². The van der Waals surface area contributed by atoms with Crippen molar-refractivity contribution in [1.29, 1.82) is 0 Å². The first-order valence-corrected chi connectivity index (χ1v) is 7.92. The molecule has 1 aromatic heterocycles. The van der Waals surface area contributed by atoms with Gasteiger partial charge in [-0.3, -0.25) is 18.7 Å². The molecule has 0 unspecified atom stereocenters. The molecule has 26 heavy (non-hydrogen) atoms. The quantitative estimate of drug-likeness (QED) is 0.761. The van der Waals surface area contributed by atoms with Crippen molar-refractivity contribution in [1.82, 2.24) is 9.13 Å². The Balaban J connectivity index is 1.82. The molecule has 0 atom stereocenters. The Hall–Kier alpha value is -3.48. The van der Waals surface area contributed by atoms with Gasteiger partial charge in [-0.1, -0.05) is 30.3 Å². The maximum Gasteiger partial charge on any atom is 0.331 e. The average molecular weight is 353 g/mol. The minimum absolute atomic E-state index is 0.0944. The largest absolute Gasteiger partial charge is 0.331 e. The molecule has 2 aromatic carbocycles. The van der Waals surface area contributed by atoms with Crippen molar-refractivity contribution in [2.24, 2.45) is 0 Å². The smallest absolute Gasteiger partial charge is 0.325 e. The summed E-state index contributed by atoms with van der Waals surface area (Å²) in [6.45, 7) is -0.312. The molecule has 0 aliphatic carbocycles. The van der Waals surface area contributed by atoms with Gasteiger partial charge in [0.2, 0.25) is 5.91 Å². The molecule has 132 valence electrons. The third-order valence-electron chi connectivity index (χ3n) is 3.74. The van der Waals surface area contributed by atoms with E-state index in [1.54, 1.807) is 36.4 Å². The van der Waals surface area contributed by atoms with Crippen LogP contribution in [0, 0.1) is 5.82 Å². The summed E-state index contributed by atoms with van der Waals surface area (Å²) in [5.41, 5.74) is -0.0636. The van der Waals surface area contributed by atoms with Crippen LogP contribution < -0.4 is 16.6 Å². The van der Waals surface area contributed by atoms with Gasteiger partial charge < -0.3 is 5.32 Å². The predicted molar refractivity (Wildman–Crippen MR) is 95.5 cm³/mol. The van der Waals surface area contributed by atoms with Gasteiger partial charge in [-0.2, -0.15) is 0 Å². The molecule has 0 aliphatic rings. The van der Waals surface area contributed by atoms with Gasteiger partial charge in [0.05, 0.1) is 6.54 Å². The molecule has 3 rings (SSSR count). The molecule has 0 spiro atoms. The van der Waals surface area contributed by atoms with Gasteiger partial charge in [-0.25, -0.2) is 9.18 Å². The lowest BCUT2D eigenvalue weighted by atomic mass is 10.2. The molecule has 0 fully saturated rings. The second kappa shape index (κ2) is 7.60. The van der Waals surface area contributed by atoms with Crippen LogP contribution in [-0.2, 0) is 17.9 Å². The van der Waals surface area contributed by atoms with E-state index < -0.39 is 29.5 Å². The number of amides is 1. The van der Waals surface area contributed by atoms with E-state index in [2.05, 4.69) is 5.32 Å². The zero-order valence-corrected chi connectivity index (χ0v) is 13.8. The average Bonchev–Trinajstić information content (AvgIpc) is 2.62. The topological polar surface area (TPSA) is 73.1 Å². The monoisotopic (exact) mass is 353 g/mol. The van der Waals surface area contributed by atoms with E-state index in [0.29, 0.717) is 11.3 Å². The van der Waals surface area contributed by atoms with Crippen molar-refractivity contribution >= 4 is 11.6 Å². The summed E-state index contributed by atoms with van der Waals surface area (Å²) in [7, 11) is 0. The number of halogens is 1. The number of nitrogens with zero attached hydrogens (tertiary/aromatic N) is 2. The highest BCUT2D eigenvalue weighted by Crippen LogP contribution is 2.05. The molecule has 0 radical (unpaired) electrons. The van der Waals surface area contributed by atoms with Crippen molar-refractivity contribution in [3.8, 4) is 0 Å². The summed E-state index contributed by atoms with van der Waals surface area (Å²) in [6, 6.07) is 15.8. The summed E-state index contributed by atoms with van der Waals surface area (Å²) in [6.07, 6.45) is 1.33. The lowest BCUT2D eigenvalue weighted by molar-refractivity contribution is -0.116. The standard InChI is InChI=1S/C19H16FN3O3/c20-15-6-4-5-14(11-15)12-22-10-9-18(25)23(19(22)26)13-17(24)21-16-7-2-1-3-8-16/h1-11H,12-13H2,(H,21,24). The number of aromatic nitrogens is 2. The van der Waals surface area contributed by atoms with Gasteiger partial charge in [0.25, 0.3) is 5.56 Å². The van der Waals surface area contributed by atoms with Crippen LogP contribution in [0.2, 0.25) is 0 Å². The number of benzene rings is 2. The van der Waals surface area contributed by atoms with E-state index in [1.165, 1.54) is 29.0 Å². The first kappa shape index (κ1) is 17.3. The van der Waals surface area contributed by atoms with Crippen LogP contribution >= 0.6 is 0 Å². The fourth-order valence-corrected chi connectivity index (χ4v) is 2.52. The van der Waals surface area contributed by atoms with Gasteiger partial charge in [-0.05, 0) is 29.8 Å². The molecular weight excluding hydrogens is 337 g/mol. The maximum absolute atomic E-state index is 13.3. The van der Waals surface area contributed by atoms with Crippen LogP contribution in [0.5, 0.6) is 0 Å². The molecular formula is C19H16FN3O3. The fraction of sp³-hybridized carbons (Fsp3) is 0.105. The number of carbonyl (C=O) groups excluding carboxylic acids is 1. The molecule has 0 saturated heterocycles. The van der Waals surface area contributed by atoms with Crippen molar-refractivity contribution in [2.75, 3.05) is 5.32 Å². The van der Waals surface area contributed by atoms with Crippen molar-refractivity contribution in [3.63, 3.8) is 0 Å². The van der Waals surface area contributed by atoms with E-state index in [4.69, 9.17) is 0 Å². The van der Waals surface area contributed by atoms with E-state index in [-0.39, 0.29) is 6.54 Å². The van der Waals surface area contributed by atoms with Crippen molar-refractivity contribution in [2.45, 2.75) is 13.1 Å². The molecule has 1 N–H and O–H groups in total. The van der Waals surface area contributed by atoms with Crippen LogP contribution in [-0.4, -0.2) is 15.0 Å². The van der Waals surface area contributed by atoms with E-state index in [0.717, 1.165) is 4.57 Å². The Kier molecular flexibility index (Phi) is 5.07. The Bertz CT molecular complexity index is 1040. The Labute approximate surface area is 148 Å². The highest BCUT2D eigenvalue weighted by Gasteiger charge is 2.11. The zero-order chi connectivity index (χ0) is 18.5. The van der Waals surface area contributed by atoms with E-state index >= 15 is 0 Å². The lowest BCUT2D eigenvalue weighted by Crippen LogP contribution is -2.41. The third-order valence-corrected chi connectivity index (χ3v) is 3.74. The van der Waals surface area contributed by atoms with E-state index in [1.807, 2.05) is 6.07 Å². The number of anilines is 1. The normalized spacial score (nSPS) is 10.5. The van der Waals surface area contributed by atoms with Crippen LogP contribution in [0.3, 0.4) is 0 Å². The summed E-state index contributed by atoms with van der Waals surface area (Å²) >= 11 is 0. The number of para-hydroxylation sites is 1. The van der Waals surface area contributed by atoms with Crippen LogP contribution in [0.25, 0.3) is 0 Å². The van der Waals surface area contributed by atoms with Gasteiger partial charge in [0.15, 0.2) is 0 Å². The summed E-state index contributed by atoms with van der Waals surface area (Å²) in [5.74, 6) is -0.898. The SMILES string of the molecule is O=C(Cn1c(=O)ccn(Cc2cccc(F)c2)c1=O)Nc1ccccc1. The zero-order valence-electron chi connectivity index (χ0n) is 13.8. The van der Waals surface area contributed by atoms with Crippen molar-refractivity contribution < 1.29 is 9.18 Å². The Morgan fingerprint density at radius 3 is 2.50 bits per heavy atom. The predicted octanol–water partition coefficient (Wildman–Crippen LogP) is 1.84. The number of hydrogen-bond donors (Lipinski definition) is 1. The third kappa shape index (κ3) is 4.13. The number of rotatable bonds is 5. The second-order valence-corrected chi connectivity index (χ2v) is 5.69.